The van der Waals surface area contributed by atoms with Gasteiger partial charge in [0.1, 0.15) is 0 Å². The molecule has 16 heavy (non-hydrogen) atoms. The lowest BCUT2D eigenvalue weighted by molar-refractivity contribution is -0.129. The van der Waals surface area contributed by atoms with Crippen LogP contribution in [-0.4, -0.2) is 28.9 Å². The van der Waals surface area contributed by atoms with Gasteiger partial charge in [0.05, 0.1) is 12.1 Å². The van der Waals surface area contributed by atoms with E-state index >= 15 is 0 Å². The molecule has 88 valence electrons. The van der Waals surface area contributed by atoms with Crippen molar-refractivity contribution in [3.63, 3.8) is 0 Å². The zero-order valence-electron chi connectivity index (χ0n) is 9.48. The monoisotopic (exact) mass is 239 g/mol. The lowest BCUT2D eigenvalue weighted by Gasteiger charge is -2.15. The molecule has 0 saturated carbocycles. The fraction of sp³-hybridized carbons (Fsp3) is 0.636. The molecule has 5 heteroatoms. The average molecular weight is 239 g/mol. The lowest BCUT2D eigenvalue weighted by atomic mass is 10.1. The topological polar surface area (TPSA) is 59.2 Å². The van der Waals surface area contributed by atoms with Gasteiger partial charge < -0.3 is 10.6 Å². The molecule has 1 aromatic heterocycles. The molecule has 2 rings (SSSR count). The molecule has 0 spiro atoms. The molecule has 1 fully saturated rings. The summed E-state index contributed by atoms with van der Waals surface area (Å²) in [5, 5.41) is 2.40. The summed E-state index contributed by atoms with van der Waals surface area (Å²) in [6.07, 6.45) is 2.69. The number of anilines is 1. The summed E-state index contributed by atoms with van der Waals surface area (Å²) in [6.45, 7) is 3.99. The summed E-state index contributed by atoms with van der Waals surface area (Å²) in [7, 11) is 0. The molecule has 1 amide bonds. The highest BCUT2D eigenvalue weighted by atomic mass is 32.1. The van der Waals surface area contributed by atoms with Crippen molar-refractivity contribution < 1.29 is 4.79 Å². The van der Waals surface area contributed by atoms with Crippen LogP contribution in [-0.2, 0) is 11.2 Å². The fourth-order valence-corrected chi connectivity index (χ4v) is 2.63. The molecule has 1 aromatic rings. The first kappa shape index (κ1) is 11.4. The molecule has 0 aromatic carbocycles. The van der Waals surface area contributed by atoms with Gasteiger partial charge in [0.2, 0.25) is 5.91 Å². The van der Waals surface area contributed by atoms with E-state index in [1.165, 1.54) is 11.3 Å². The maximum atomic E-state index is 11.9. The number of carbonyl (C=O) groups excluding carboxylic acids is 1. The minimum absolute atomic E-state index is 0.182. The van der Waals surface area contributed by atoms with Gasteiger partial charge in [-0.15, -0.1) is 11.3 Å². The van der Waals surface area contributed by atoms with Crippen LogP contribution in [0.2, 0.25) is 0 Å². The number of amides is 1. The fourth-order valence-electron chi connectivity index (χ4n) is 2.06. The average Bonchev–Trinajstić information content (AvgIpc) is 2.87. The Hall–Kier alpha value is -1.10. The second-order valence-corrected chi connectivity index (χ2v) is 5.15. The summed E-state index contributed by atoms with van der Waals surface area (Å²) >= 11 is 1.39. The summed E-state index contributed by atoms with van der Waals surface area (Å²) in [4.78, 5) is 18.0. The van der Waals surface area contributed by atoms with Gasteiger partial charge in [-0.2, -0.15) is 0 Å². The first-order valence-corrected chi connectivity index (χ1v) is 6.54. The van der Waals surface area contributed by atoms with Crippen molar-refractivity contribution >= 4 is 22.4 Å². The Morgan fingerprint density at radius 1 is 1.75 bits per heavy atom. The molecular weight excluding hydrogens is 222 g/mol. The van der Waals surface area contributed by atoms with Gasteiger partial charge in [0, 0.05) is 18.5 Å². The number of thiazole rings is 1. The molecule has 0 aliphatic carbocycles. The molecule has 1 saturated heterocycles. The number of rotatable bonds is 3. The SMILES string of the molecule is CCC1CCN(C(=O)Cc2csc(N)n2)C1. The van der Waals surface area contributed by atoms with E-state index in [1.807, 2.05) is 10.3 Å². The molecule has 1 atom stereocenters. The van der Waals surface area contributed by atoms with Crippen molar-refractivity contribution in [2.75, 3.05) is 18.8 Å². The van der Waals surface area contributed by atoms with E-state index in [1.54, 1.807) is 0 Å². The van der Waals surface area contributed by atoms with Crippen molar-refractivity contribution in [3.05, 3.63) is 11.1 Å². The van der Waals surface area contributed by atoms with Crippen LogP contribution in [0.3, 0.4) is 0 Å². The van der Waals surface area contributed by atoms with Crippen molar-refractivity contribution in [3.8, 4) is 0 Å². The number of hydrogen-bond donors (Lipinski definition) is 1. The van der Waals surface area contributed by atoms with E-state index in [9.17, 15) is 4.79 Å². The van der Waals surface area contributed by atoms with E-state index in [0.717, 1.165) is 31.6 Å². The Morgan fingerprint density at radius 2 is 2.56 bits per heavy atom. The molecule has 0 bridgehead atoms. The van der Waals surface area contributed by atoms with Crippen LogP contribution in [0.1, 0.15) is 25.5 Å². The minimum Gasteiger partial charge on any atom is -0.375 e. The van der Waals surface area contributed by atoms with Gasteiger partial charge in [0.15, 0.2) is 5.13 Å². The second-order valence-electron chi connectivity index (χ2n) is 4.26. The number of nitrogens with two attached hydrogens (primary N) is 1. The van der Waals surface area contributed by atoms with Gasteiger partial charge in [-0.1, -0.05) is 13.3 Å². The molecule has 1 aliphatic heterocycles. The van der Waals surface area contributed by atoms with E-state index < -0.39 is 0 Å². The molecule has 0 radical (unpaired) electrons. The van der Waals surface area contributed by atoms with E-state index in [0.29, 0.717) is 17.5 Å². The van der Waals surface area contributed by atoms with Gasteiger partial charge >= 0.3 is 0 Å². The Morgan fingerprint density at radius 3 is 3.12 bits per heavy atom. The Kier molecular flexibility index (Phi) is 3.43. The van der Waals surface area contributed by atoms with Gasteiger partial charge in [0.25, 0.3) is 0 Å². The Balaban J connectivity index is 1.89. The van der Waals surface area contributed by atoms with Gasteiger partial charge in [-0.05, 0) is 12.3 Å². The highest BCUT2D eigenvalue weighted by Crippen LogP contribution is 2.20. The third-order valence-corrected chi connectivity index (χ3v) is 3.84. The summed E-state index contributed by atoms with van der Waals surface area (Å²) in [5.41, 5.74) is 6.33. The van der Waals surface area contributed by atoms with E-state index in [4.69, 9.17) is 5.73 Å². The third kappa shape index (κ3) is 2.52. The number of nitrogens with zero attached hydrogens (tertiary/aromatic N) is 2. The standard InChI is InChI=1S/C11H17N3OS/c1-2-8-3-4-14(6-8)10(15)5-9-7-16-11(12)13-9/h7-8H,2-6H2,1H3,(H2,12,13). The van der Waals surface area contributed by atoms with Crippen LogP contribution >= 0.6 is 11.3 Å². The van der Waals surface area contributed by atoms with Gasteiger partial charge in [-0.3, -0.25) is 4.79 Å². The summed E-state index contributed by atoms with van der Waals surface area (Å²) in [5.74, 6) is 0.866. The second kappa shape index (κ2) is 4.82. The molecule has 2 N–H and O–H groups in total. The van der Waals surface area contributed by atoms with E-state index in [2.05, 4.69) is 11.9 Å². The van der Waals surface area contributed by atoms with Crippen LogP contribution < -0.4 is 5.73 Å². The van der Waals surface area contributed by atoms with E-state index in [-0.39, 0.29) is 5.91 Å². The zero-order chi connectivity index (χ0) is 11.5. The Bertz CT molecular complexity index is 377. The maximum Gasteiger partial charge on any atom is 0.228 e. The van der Waals surface area contributed by atoms with Crippen LogP contribution in [0.4, 0.5) is 5.13 Å². The summed E-state index contributed by atoms with van der Waals surface area (Å²) in [6, 6.07) is 0. The van der Waals surface area contributed by atoms with Crippen LogP contribution in [0, 0.1) is 5.92 Å². The number of aromatic nitrogens is 1. The molecule has 2 heterocycles. The largest absolute Gasteiger partial charge is 0.375 e. The summed E-state index contributed by atoms with van der Waals surface area (Å²) < 4.78 is 0. The van der Waals surface area contributed by atoms with Crippen LogP contribution in [0.25, 0.3) is 0 Å². The molecular formula is C11H17N3OS. The van der Waals surface area contributed by atoms with Crippen molar-refractivity contribution in [2.24, 2.45) is 5.92 Å². The van der Waals surface area contributed by atoms with Crippen molar-refractivity contribution in [2.45, 2.75) is 26.2 Å². The highest BCUT2D eigenvalue weighted by molar-refractivity contribution is 7.13. The van der Waals surface area contributed by atoms with Crippen molar-refractivity contribution in [1.29, 1.82) is 0 Å². The smallest absolute Gasteiger partial charge is 0.228 e. The third-order valence-electron chi connectivity index (χ3n) is 3.12. The predicted octanol–water partition coefficient (Wildman–Crippen LogP) is 1.53. The molecule has 4 nitrogen and oxygen atoms in total. The van der Waals surface area contributed by atoms with Gasteiger partial charge in [-0.25, -0.2) is 4.98 Å². The number of hydrogen-bond acceptors (Lipinski definition) is 4. The lowest BCUT2D eigenvalue weighted by Crippen LogP contribution is -2.30. The quantitative estimate of drug-likeness (QED) is 0.870. The first-order chi connectivity index (χ1) is 7.69. The first-order valence-electron chi connectivity index (χ1n) is 5.66. The molecule has 1 aliphatic rings. The zero-order valence-corrected chi connectivity index (χ0v) is 10.3. The number of likely N-dealkylation sites (tertiary alicyclic amines) is 1. The van der Waals surface area contributed by atoms with Crippen LogP contribution in [0.15, 0.2) is 5.38 Å². The predicted molar refractivity (Wildman–Crippen MR) is 65.2 cm³/mol. The number of nitrogen functional groups attached to an aromatic ring is 1. The highest BCUT2D eigenvalue weighted by Gasteiger charge is 2.25. The maximum absolute atomic E-state index is 11.9. The van der Waals surface area contributed by atoms with Crippen LogP contribution in [0.5, 0.6) is 0 Å². The molecule has 1 unspecified atom stereocenters. The number of carbonyl (C=O) groups is 1. The minimum atomic E-state index is 0.182. The normalized spacial score (nSPS) is 20.3. The van der Waals surface area contributed by atoms with Crippen molar-refractivity contribution in [1.82, 2.24) is 9.88 Å². The Labute approximate surface area is 99.5 Å².